The van der Waals surface area contributed by atoms with Crippen molar-refractivity contribution in [2.75, 3.05) is 5.32 Å². The molecule has 0 fully saturated rings. The normalized spacial score (nSPS) is 17.6. The molecule has 5 nitrogen and oxygen atoms in total. The van der Waals surface area contributed by atoms with E-state index in [2.05, 4.69) is 15.8 Å². The van der Waals surface area contributed by atoms with Gasteiger partial charge in [-0.05, 0) is 29.1 Å². The van der Waals surface area contributed by atoms with E-state index in [0.717, 1.165) is 17.0 Å². The maximum atomic E-state index is 12.0. The Morgan fingerprint density at radius 3 is 2.73 bits per heavy atom. The minimum absolute atomic E-state index is 0.0592. The number of rotatable bonds is 3. The Labute approximate surface area is 132 Å². The van der Waals surface area contributed by atoms with Gasteiger partial charge in [0.1, 0.15) is 0 Å². The van der Waals surface area contributed by atoms with Crippen LogP contribution in [0.2, 0.25) is 0 Å². The predicted molar refractivity (Wildman–Crippen MR) is 87.2 cm³/mol. The quantitative estimate of drug-likeness (QED) is 0.914. The van der Waals surface area contributed by atoms with Crippen molar-refractivity contribution >= 4 is 34.6 Å². The Balaban J connectivity index is 1.73. The van der Waals surface area contributed by atoms with Crippen LogP contribution in [0.25, 0.3) is 0 Å². The van der Waals surface area contributed by atoms with Crippen LogP contribution >= 0.6 is 11.3 Å². The standard InChI is InChI=1S/C16H15N3O2S/c1-10-9-14(20)18-19-15(10)11-4-6-12(7-5-11)17-16(21)13-3-2-8-22-13/h2-8,10H,9H2,1H3,(H,17,21)(H,18,20). The first-order valence-corrected chi connectivity index (χ1v) is 7.83. The Kier molecular flexibility index (Phi) is 4.02. The molecule has 2 N–H and O–H groups in total. The van der Waals surface area contributed by atoms with Crippen LogP contribution in [0.3, 0.4) is 0 Å². The fraction of sp³-hybridized carbons (Fsp3) is 0.188. The Hall–Kier alpha value is -2.47. The molecule has 1 aliphatic rings. The number of carbonyl (C=O) groups excluding carboxylic acids is 2. The number of hydrogen-bond donors (Lipinski definition) is 2. The zero-order valence-electron chi connectivity index (χ0n) is 12.0. The molecule has 0 spiro atoms. The van der Waals surface area contributed by atoms with Crippen LogP contribution in [0.4, 0.5) is 5.69 Å². The minimum atomic E-state index is -0.113. The molecule has 0 saturated heterocycles. The predicted octanol–water partition coefficient (Wildman–Crippen LogP) is 2.86. The van der Waals surface area contributed by atoms with Gasteiger partial charge in [-0.2, -0.15) is 5.10 Å². The highest BCUT2D eigenvalue weighted by atomic mass is 32.1. The zero-order chi connectivity index (χ0) is 15.5. The van der Waals surface area contributed by atoms with Gasteiger partial charge in [-0.25, -0.2) is 5.43 Å². The molecule has 0 radical (unpaired) electrons. The van der Waals surface area contributed by atoms with Crippen LogP contribution in [-0.2, 0) is 4.79 Å². The van der Waals surface area contributed by atoms with Crippen molar-refractivity contribution in [3.05, 3.63) is 52.2 Å². The topological polar surface area (TPSA) is 70.6 Å². The molecule has 6 heteroatoms. The van der Waals surface area contributed by atoms with Crippen LogP contribution < -0.4 is 10.7 Å². The van der Waals surface area contributed by atoms with Gasteiger partial charge in [-0.3, -0.25) is 9.59 Å². The molecule has 1 aliphatic heterocycles. The van der Waals surface area contributed by atoms with E-state index < -0.39 is 0 Å². The molecule has 1 aromatic carbocycles. The SMILES string of the molecule is CC1CC(=O)NN=C1c1ccc(NC(=O)c2cccs2)cc1. The molecule has 1 aromatic heterocycles. The molecule has 0 aliphatic carbocycles. The second-order valence-electron chi connectivity index (χ2n) is 5.15. The largest absolute Gasteiger partial charge is 0.321 e. The third-order valence-corrected chi connectivity index (χ3v) is 4.31. The van der Waals surface area contributed by atoms with Gasteiger partial charge in [0.15, 0.2) is 0 Å². The van der Waals surface area contributed by atoms with Crippen LogP contribution in [0.5, 0.6) is 0 Å². The van der Waals surface area contributed by atoms with Crippen LogP contribution in [0.1, 0.15) is 28.6 Å². The first-order valence-electron chi connectivity index (χ1n) is 6.95. The Morgan fingerprint density at radius 2 is 2.09 bits per heavy atom. The van der Waals surface area contributed by atoms with Gasteiger partial charge in [-0.1, -0.05) is 25.1 Å². The first-order chi connectivity index (χ1) is 10.6. The molecule has 0 saturated carbocycles. The van der Waals surface area contributed by atoms with Crippen molar-refractivity contribution in [2.24, 2.45) is 11.0 Å². The van der Waals surface area contributed by atoms with Crippen molar-refractivity contribution in [1.29, 1.82) is 0 Å². The Bertz CT molecular complexity index is 720. The smallest absolute Gasteiger partial charge is 0.265 e. The molecular weight excluding hydrogens is 298 g/mol. The van der Waals surface area contributed by atoms with Crippen LogP contribution in [0.15, 0.2) is 46.9 Å². The summed E-state index contributed by atoms with van der Waals surface area (Å²) in [4.78, 5) is 23.9. The van der Waals surface area contributed by atoms with E-state index in [4.69, 9.17) is 0 Å². The lowest BCUT2D eigenvalue weighted by Gasteiger charge is -2.19. The fourth-order valence-electron chi connectivity index (χ4n) is 2.33. The summed E-state index contributed by atoms with van der Waals surface area (Å²) in [5, 5.41) is 8.85. The molecule has 1 atom stereocenters. The van der Waals surface area contributed by atoms with Crippen molar-refractivity contribution in [3.63, 3.8) is 0 Å². The lowest BCUT2D eigenvalue weighted by atomic mass is 9.94. The Morgan fingerprint density at radius 1 is 1.32 bits per heavy atom. The molecular formula is C16H15N3O2S. The molecule has 1 unspecified atom stereocenters. The van der Waals surface area contributed by atoms with E-state index in [1.54, 1.807) is 6.07 Å². The zero-order valence-corrected chi connectivity index (χ0v) is 12.8. The van der Waals surface area contributed by atoms with Crippen LogP contribution in [-0.4, -0.2) is 17.5 Å². The summed E-state index contributed by atoms with van der Waals surface area (Å²) in [7, 11) is 0. The third-order valence-electron chi connectivity index (χ3n) is 3.44. The highest BCUT2D eigenvalue weighted by Crippen LogP contribution is 2.19. The number of thiophene rings is 1. The number of amides is 2. The summed E-state index contributed by atoms with van der Waals surface area (Å²) in [6, 6.07) is 11.1. The first kappa shape index (κ1) is 14.5. The highest BCUT2D eigenvalue weighted by Gasteiger charge is 2.21. The number of nitrogens with zero attached hydrogens (tertiary/aromatic N) is 1. The molecule has 2 aromatic rings. The van der Waals surface area contributed by atoms with E-state index in [1.165, 1.54) is 11.3 Å². The molecule has 22 heavy (non-hydrogen) atoms. The van der Waals surface area contributed by atoms with E-state index >= 15 is 0 Å². The molecule has 3 rings (SSSR count). The maximum absolute atomic E-state index is 12.0. The summed E-state index contributed by atoms with van der Waals surface area (Å²) in [6.07, 6.45) is 0.440. The fourth-order valence-corrected chi connectivity index (χ4v) is 2.95. The summed E-state index contributed by atoms with van der Waals surface area (Å²) in [6.45, 7) is 1.98. The number of nitrogens with one attached hydrogen (secondary N) is 2. The average molecular weight is 313 g/mol. The second kappa shape index (κ2) is 6.11. The van der Waals surface area contributed by atoms with Crippen molar-refractivity contribution < 1.29 is 9.59 Å². The van der Waals surface area contributed by atoms with Gasteiger partial charge in [0.25, 0.3) is 5.91 Å². The summed E-state index contributed by atoms with van der Waals surface area (Å²) >= 11 is 1.41. The molecule has 2 heterocycles. The third kappa shape index (κ3) is 3.07. The molecule has 0 bridgehead atoms. The summed E-state index contributed by atoms with van der Waals surface area (Å²) in [5.41, 5.74) is 5.04. The van der Waals surface area contributed by atoms with Gasteiger partial charge in [0.2, 0.25) is 5.91 Å². The number of carbonyl (C=O) groups is 2. The lowest BCUT2D eigenvalue weighted by Crippen LogP contribution is -2.31. The lowest BCUT2D eigenvalue weighted by molar-refractivity contribution is -0.121. The highest BCUT2D eigenvalue weighted by molar-refractivity contribution is 7.12. The van der Waals surface area contributed by atoms with E-state index in [-0.39, 0.29) is 17.7 Å². The van der Waals surface area contributed by atoms with E-state index in [1.807, 2.05) is 42.6 Å². The molecule has 112 valence electrons. The van der Waals surface area contributed by atoms with Gasteiger partial charge in [0, 0.05) is 18.0 Å². The maximum Gasteiger partial charge on any atom is 0.265 e. The van der Waals surface area contributed by atoms with E-state index in [0.29, 0.717) is 11.3 Å². The van der Waals surface area contributed by atoms with Crippen LogP contribution in [0, 0.1) is 5.92 Å². The average Bonchev–Trinajstić information content (AvgIpc) is 3.03. The monoisotopic (exact) mass is 313 g/mol. The minimum Gasteiger partial charge on any atom is -0.321 e. The summed E-state index contributed by atoms with van der Waals surface area (Å²) in [5.74, 6) is -0.0882. The van der Waals surface area contributed by atoms with Crippen molar-refractivity contribution in [2.45, 2.75) is 13.3 Å². The van der Waals surface area contributed by atoms with E-state index in [9.17, 15) is 9.59 Å². The number of benzene rings is 1. The second-order valence-corrected chi connectivity index (χ2v) is 6.09. The van der Waals surface area contributed by atoms with Gasteiger partial charge < -0.3 is 5.32 Å². The van der Waals surface area contributed by atoms with Crippen molar-refractivity contribution in [1.82, 2.24) is 5.43 Å². The summed E-state index contributed by atoms with van der Waals surface area (Å²) < 4.78 is 0. The number of hydrazone groups is 1. The number of anilines is 1. The van der Waals surface area contributed by atoms with Gasteiger partial charge in [0.05, 0.1) is 10.6 Å². The van der Waals surface area contributed by atoms with Gasteiger partial charge >= 0.3 is 0 Å². The number of hydrogen-bond acceptors (Lipinski definition) is 4. The molecule has 2 amide bonds. The van der Waals surface area contributed by atoms with Gasteiger partial charge in [-0.15, -0.1) is 11.3 Å². The van der Waals surface area contributed by atoms with Crippen molar-refractivity contribution in [3.8, 4) is 0 Å².